The fourth-order valence-electron chi connectivity index (χ4n) is 3.09. The fourth-order valence-corrected chi connectivity index (χ4v) is 4.61. The van der Waals surface area contributed by atoms with Gasteiger partial charge in [0.1, 0.15) is 0 Å². The van der Waals surface area contributed by atoms with Gasteiger partial charge in [0.05, 0.1) is 4.90 Å². The van der Waals surface area contributed by atoms with Gasteiger partial charge in [-0.2, -0.15) is 4.31 Å². The third-order valence-corrected chi connectivity index (χ3v) is 6.57. The van der Waals surface area contributed by atoms with Crippen LogP contribution in [0, 0.1) is 6.92 Å². The first-order valence-corrected chi connectivity index (χ1v) is 10.3. The summed E-state index contributed by atoms with van der Waals surface area (Å²) in [4.78, 5) is 0.400. The Morgan fingerprint density at radius 2 is 1.36 bits per heavy atom. The summed E-state index contributed by atoms with van der Waals surface area (Å²) in [5.74, 6) is 0. The Labute approximate surface area is 150 Å². The maximum Gasteiger partial charge on any atom is 0.243 e. The van der Waals surface area contributed by atoms with Gasteiger partial charge >= 0.3 is 0 Å². The maximum absolute atomic E-state index is 12.6. The molecular formula is C20H26N2O2S. The second-order valence-corrected chi connectivity index (χ2v) is 8.64. The summed E-state index contributed by atoms with van der Waals surface area (Å²) in [7, 11) is -3.33. The number of rotatable bonds is 6. The molecular weight excluding hydrogens is 332 g/mol. The van der Waals surface area contributed by atoms with Gasteiger partial charge in [-0.25, -0.2) is 8.42 Å². The number of piperidine rings is 1. The molecule has 0 amide bonds. The van der Waals surface area contributed by atoms with Gasteiger partial charge in [0.15, 0.2) is 0 Å². The number of aryl methyl sites for hydroxylation is 1. The molecule has 0 saturated carbocycles. The van der Waals surface area contributed by atoms with Crippen LogP contribution in [-0.4, -0.2) is 25.8 Å². The fraction of sp³-hybridized carbons (Fsp3) is 0.400. The van der Waals surface area contributed by atoms with Crippen LogP contribution in [0.4, 0.5) is 0 Å². The van der Waals surface area contributed by atoms with Crippen molar-refractivity contribution >= 4 is 10.0 Å². The average molecular weight is 359 g/mol. The first-order valence-electron chi connectivity index (χ1n) is 8.91. The average Bonchev–Trinajstić information content (AvgIpc) is 2.64. The number of nitrogens with zero attached hydrogens (tertiary/aromatic N) is 1. The summed E-state index contributed by atoms with van der Waals surface area (Å²) in [6.45, 7) is 4.88. The Morgan fingerprint density at radius 3 is 1.92 bits per heavy atom. The van der Waals surface area contributed by atoms with Crippen molar-refractivity contribution in [2.75, 3.05) is 13.1 Å². The Balaban J connectivity index is 1.57. The van der Waals surface area contributed by atoms with E-state index in [-0.39, 0.29) is 0 Å². The van der Waals surface area contributed by atoms with E-state index in [4.69, 9.17) is 0 Å². The van der Waals surface area contributed by atoms with Crippen LogP contribution in [-0.2, 0) is 23.1 Å². The highest BCUT2D eigenvalue weighted by molar-refractivity contribution is 7.89. The van der Waals surface area contributed by atoms with Crippen LogP contribution < -0.4 is 5.32 Å². The first-order chi connectivity index (χ1) is 12.1. The third kappa shape index (κ3) is 4.69. The van der Waals surface area contributed by atoms with E-state index < -0.39 is 10.0 Å². The zero-order valence-corrected chi connectivity index (χ0v) is 15.6. The number of hydrogen-bond donors (Lipinski definition) is 1. The molecule has 1 aliphatic heterocycles. The molecule has 134 valence electrons. The second kappa shape index (κ2) is 8.13. The second-order valence-electron chi connectivity index (χ2n) is 6.70. The van der Waals surface area contributed by atoms with Crippen LogP contribution in [0.1, 0.15) is 36.0 Å². The van der Waals surface area contributed by atoms with Crippen molar-refractivity contribution in [1.82, 2.24) is 9.62 Å². The zero-order chi connectivity index (χ0) is 17.7. The molecule has 0 bridgehead atoms. The van der Waals surface area contributed by atoms with E-state index in [1.54, 1.807) is 16.4 Å². The molecule has 1 aliphatic rings. The van der Waals surface area contributed by atoms with Gasteiger partial charge in [0.25, 0.3) is 0 Å². The highest BCUT2D eigenvalue weighted by Crippen LogP contribution is 2.20. The van der Waals surface area contributed by atoms with E-state index in [0.29, 0.717) is 18.0 Å². The van der Waals surface area contributed by atoms with Crippen molar-refractivity contribution in [2.45, 2.75) is 44.2 Å². The van der Waals surface area contributed by atoms with E-state index in [2.05, 4.69) is 36.5 Å². The smallest absolute Gasteiger partial charge is 0.243 e. The SMILES string of the molecule is Cc1ccc(CNCc2ccc(S(=O)(=O)N3CCCCC3)cc2)cc1. The van der Waals surface area contributed by atoms with E-state index in [9.17, 15) is 8.42 Å². The van der Waals surface area contributed by atoms with Crippen LogP contribution >= 0.6 is 0 Å². The molecule has 5 heteroatoms. The molecule has 1 fully saturated rings. The summed E-state index contributed by atoms with van der Waals surface area (Å²) >= 11 is 0. The van der Waals surface area contributed by atoms with E-state index in [1.165, 1.54) is 11.1 Å². The molecule has 0 aromatic heterocycles. The largest absolute Gasteiger partial charge is 0.309 e. The topological polar surface area (TPSA) is 49.4 Å². The zero-order valence-electron chi connectivity index (χ0n) is 14.7. The van der Waals surface area contributed by atoms with Crippen LogP contribution in [0.15, 0.2) is 53.4 Å². The van der Waals surface area contributed by atoms with Crippen LogP contribution in [0.5, 0.6) is 0 Å². The predicted molar refractivity (Wildman–Crippen MR) is 101 cm³/mol. The lowest BCUT2D eigenvalue weighted by molar-refractivity contribution is 0.346. The van der Waals surface area contributed by atoms with Crippen molar-refractivity contribution in [1.29, 1.82) is 0 Å². The Bertz CT molecular complexity index is 777. The van der Waals surface area contributed by atoms with Crippen molar-refractivity contribution in [2.24, 2.45) is 0 Å². The number of sulfonamides is 1. The third-order valence-electron chi connectivity index (χ3n) is 4.66. The standard InChI is InChI=1S/C20H26N2O2S/c1-17-5-7-18(8-6-17)15-21-16-19-9-11-20(12-10-19)25(23,24)22-13-3-2-4-14-22/h5-12,21H,2-4,13-16H2,1H3. The van der Waals surface area contributed by atoms with E-state index >= 15 is 0 Å². The molecule has 3 rings (SSSR count). The number of benzene rings is 2. The quantitative estimate of drug-likeness (QED) is 0.860. The van der Waals surface area contributed by atoms with Crippen LogP contribution in [0.3, 0.4) is 0 Å². The molecule has 1 N–H and O–H groups in total. The minimum Gasteiger partial charge on any atom is -0.309 e. The van der Waals surface area contributed by atoms with E-state index in [0.717, 1.165) is 37.9 Å². The van der Waals surface area contributed by atoms with Gasteiger partial charge < -0.3 is 5.32 Å². The van der Waals surface area contributed by atoms with Crippen molar-refractivity contribution in [3.63, 3.8) is 0 Å². The molecule has 0 atom stereocenters. The van der Waals surface area contributed by atoms with Crippen LogP contribution in [0.25, 0.3) is 0 Å². The lowest BCUT2D eigenvalue weighted by atomic mass is 10.1. The van der Waals surface area contributed by atoms with Gasteiger partial charge in [-0.05, 0) is 43.0 Å². The van der Waals surface area contributed by atoms with Gasteiger partial charge in [-0.1, -0.05) is 48.4 Å². The molecule has 0 unspecified atom stereocenters. The molecule has 1 heterocycles. The maximum atomic E-state index is 12.6. The highest BCUT2D eigenvalue weighted by atomic mass is 32.2. The van der Waals surface area contributed by atoms with Crippen molar-refractivity contribution in [3.05, 3.63) is 65.2 Å². The van der Waals surface area contributed by atoms with Gasteiger partial charge in [0.2, 0.25) is 10.0 Å². The molecule has 0 aliphatic carbocycles. The summed E-state index contributed by atoms with van der Waals surface area (Å²) in [5.41, 5.74) is 3.59. The number of nitrogens with one attached hydrogen (secondary N) is 1. The lowest BCUT2D eigenvalue weighted by Gasteiger charge is -2.25. The summed E-state index contributed by atoms with van der Waals surface area (Å²) in [5, 5.41) is 3.40. The molecule has 4 nitrogen and oxygen atoms in total. The van der Waals surface area contributed by atoms with Crippen molar-refractivity contribution < 1.29 is 8.42 Å². The van der Waals surface area contributed by atoms with Gasteiger partial charge in [-0.15, -0.1) is 0 Å². The first kappa shape index (κ1) is 18.1. The highest BCUT2D eigenvalue weighted by Gasteiger charge is 2.25. The molecule has 2 aromatic carbocycles. The normalized spacial score (nSPS) is 16.0. The monoisotopic (exact) mass is 358 g/mol. The lowest BCUT2D eigenvalue weighted by Crippen LogP contribution is -2.35. The van der Waals surface area contributed by atoms with E-state index in [1.807, 2.05) is 12.1 Å². The Morgan fingerprint density at radius 1 is 0.840 bits per heavy atom. The minimum atomic E-state index is -3.33. The Kier molecular flexibility index (Phi) is 5.89. The molecule has 2 aromatic rings. The minimum absolute atomic E-state index is 0.400. The van der Waals surface area contributed by atoms with Crippen molar-refractivity contribution in [3.8, 4) is 0 Å². The van der Waals surface area contributed by atoms with Gasteiger partial charge in [0, 0.05) is 26.2 Å². The Hall–Kier alpha value is -1.69. The van der Waals surface area contributed by atoms with Gasteiger partial charge in [-0.3, -0.25) is 0 Å². The summed E-state index contributed by atoms with van der Waals surface area (Å²) in [6, 6.07) is 15.7. The molecule has 0 spiro atoms. The predicted octanol–water partition coefficient (Wildman–Crippen LogP) is 3.46. The molecule has 1 saturated heterocycles. The molecule has 25 heavy (non-hydrogen) atoms. The van der Waals surface area contributed by atoms with Crippen LogP contribution in [0.2, 0.25) is 0 Å². The number of hydrogen-bond acceptors (Lipinski definition) is 3. The summed E-state index contributed by atoms with van der Waals surface area (Å²) < 4.78 is 26.9. The molecule has 0 radical (unpaired) electrons. The summed E-state index contributed by atoms with van der Waals surface area (Å²) in [6.07, 6.45) is 3.04.